The molecule has 0 N–H and O–H groups in total. The van der Waals surface area contributed by atoms with Gasteiger partial charge in [-0.15, -0.1) is 0 Å². The van der Waals surface area contributed by atoms with Crippen molar-refractivity contribution < 1.29 is 13.7 Å². The van der Waals surface area contributed by atoms with Crippen molar-refractivity contribution in [2.24, 2.45) is 0 Å². The molecule has 0 spiro atoms. The summed E-state index contributed by atoms with van der Waals surface area (Å²) in [5.74, 6) is 0. The molecule has 0 amide bonds. The van der Waals surface area contributed by atoms with Crippen LogP contribution in [0.4, 0.5) is 0 Å². The Morgan fingerprint density at radius 2 is 1.65 bits per heavy atom. The normalized spacial score (nSPS) is 28.0. The van der Waals surface area contributed by atoms with Crippen LogP contribution in [0, 0.1) is 0 Å². The molecule has 5 heteroatoms. The molecule has 1 heterocycles. The van der Waals surface area contributed by atoms with Gasteiger partial charge in [0.1, 0.15) is 0 Å². The molecule has 1 aliphatic heterocycles. The van der Waals surface area contributed by atoms with Gasteiger partial charge in [0.05, 0.1) is 11.2 Å². The molecule has 0 bridgehead atoms. The highest BCUT2D eigenvalue weighted by molar-refractivity contribution is 6.74. The average molecular weight is 338 g/mol. The molecule has 0 unspecified atom stereocenters. The van der Waals surface area contributed by atoms with Gasteiger partial charge in [-0.1, -0.05) is 26.8 Å². The van der Waals surface area contributed by atoms with Crippen LogP contribution in [0.3, 0.4) is 0 Å². The fourth-order valence-electron chi connectivity index (χ4n) is 2.74. The summed E-state index contributed by atoms with van der Waals surface area (Å²) in [6.45, 7) is 20.0. The lowest BCUT2D eigenvalue weighted by atomic mass is 9.72. The molecular weight excluding hydrogens is 303 g/mol. The third-order valence-electron chi connectivity index (χ3n) is 6.22. The van der Waals surface area contributed by atoms with Crippen LogP contribution in [0.25, 0.3) is 0 Å². The van der Waals surface area contributed by atoms with Gasteiger partial charge in [0.2, 0.25) is 0 Å². The molecule has 0 saturated carbocycles. The van der Waals surface area contributed by atoms with Gasteiger partial charge in [-0.2, -0.15) is 0 Å². The summed E-state index contributed by atoms with van der Waals surface area (Å²) in [6.07, 6.45) is 5.70. The fraction of sp³-hybridized carbons (Fsp3) is 0.889. The Balaban J connectivity index is 1.98. The second-order valence-electron chi connectivity index (χ2n) is 9.64. The average Bonchev–Trinajstić information content (AvgIpc) is 2.57. The van der Waals surface area contributed by atoms with Crippen molar-refractivity contribution in [3.8, 4) is 0 Å². The van der Waals surface area contributed by atoms with Crippen molar-refractivity contribution in [3.63, 3.8) is 0 Å². The maximum Gasteiger partial charge on any atom is 0.490 e. The second-order valence-corrected chi connectivity index (χ2v) is 14.4. The van der Waals surface area contributed by atoms with Crippen molar-refractivity contribution in [2.45, 2.75) is 103 Å². The maximum absolute atomic E-state index is 6.55. The van der Waals surface area contributed by atoms with E-state index in [9.17, 15) is 0 Å². The van der Waals surface area contributed by atoms with Gasteiger partial charge >= 0.3 is 7.12 Å². The Morgan fingerprint density at radius 1 is 1.13 bits per heavy atom. The van der Waals surface area contributed by atoms with Crippen LogP contribution >= 0.6 is 0 Å². The van der Waals surface area contributed by atoms with Gasteiger partial charge in [-0.25, -0.2) is 0 Å². The highest BCUT2D eigenvalue weighted by Gasteiger charge is 2.52. The van der Waals surface area contributed by atoms with Crippen molar-refractivity contribution in [1.29, 1.82) is 0 Å². The zero-order valence-electron chi connectivity index (χ0n) is 16.6. The first-order valence-corrected chi connectivity index (χ1v) is 11.9. The topological polar surface area (TPSA) is 27.7 Å². The van der Waals surface area contributed by atoms with E-state index < -0.39 is 8.32 Å². The molecule has 2 rings (SSSR count). The van der Waals surface area contributed by atoms with E-state index in [-0.39, 0.29) is 23.4 Å². The summed E-state index contributed by atoms with van der Waals surface area (Å²) in [6, 6.07) is 0. The van der Waals surface area contributed by atoms with Crippen molar-refractivity contribution >= 4 is 15.4 Å². The first-order valence-electron chi connectivity index (χ1n) is 8.98. The third kappa shape index (κ3) is 3.94. The molecular formula is C18H35BO3Si. The molecule has 1 saturated heterocycles. The molecule has 0 aromatic rings. The van der Waals surface area contributed by atoms with E-state index in [0.29, 0.717) is 6.10 Å². The van der Waals surface area contributed by atoms with E-state index in [2.05, 4.69) is 67.6 Å². The molecule has 1 atom stereocenters. The van der Waals surface area contributed by atoms with Gasteiger partial charge < -0.3 is 13.7 Å². The van der Waals surface area contributed by atoms with Crippen LogP contribution in [-0.2, 0) is 13.7 Å². The lowest BCUT2D eigenvalue weighted by Crippen LogP contribution is -2.44. The first-order chi connectivity index (χ1) is 10.3. The van der Waals surface area contributed by atoms with Gasteiger partial charge in [0.15, 0.2) is 8.32 Å². The van der Waals surface area contributed by atoms with Gasteiger partial charge in [-0.05, 0) is 70.6 Å². The van der Waals surface area contributed by atoms with E-state index in [0.717, 1.165) is 19.3 Å². The zero-order valence-corrected chi connectivity index (χ0v) is 17.6. The van der Waals surface area contributed by atoms with Gasteiger partial charge in [-0.3, -0.25) is 0 Å². The monoisotopic (exact) mass is 338 g/mol. The summed E-state index contributed by atoms with van der Waals surface area (Å²) in [5, 5.41) is 0.267. The molecule has 1 fully saturated rings. The van der Waals surface area contributed by atoms with E-state index in [1.54, 1.807) is 0 Å². The van der Waals surface area contributed by atoms with E-state index in [1.165, 1.54) is 5.47 Å². The zero-order chi connectivity index (χ0) is 17.7. The third-order valence-corrected chi connectivity index (χ3v) is 10.8. The van der Waals surface area contributed by atoms with Crippen LogP contribution in [0.2, 0.25) is 18.1 Å². The van der Waals surface area contributed by atoms with E-state index in [4.69, 9.17) is 13.7 Å². The molecule has 23 heavy (non-hydrogen) atoms. The standard InChI is InChI=1S/C18H35BO3Si/c1-16(2,3)23(8,9)20-15-12-10-14(11-13-15)19-21-17(4,5)18(6,7)22-19/h10,15H,11-13H2,1-9H3/t15-/m0/s1. The number of rotatable bonds is 3. The van der Waals surface area contributed by atoms with Crippen LogP contribution in [-0.4, -0.2) is 32.7 Å². The Labute approximate surface area is 144 Å². The number of hydrogen-bond donors (Lipinski definition) is 0. The van der Waals surface area contributed by atoms with Crippen LogP contribution in [0.15, 0.2) is 11.5 Å². The maximum atomic E-state index is 6.55. The second kappa shape index (κ2) is 6.01. The summed E-state index contributed by atoms with van der Waals surface area (Å²) < 4.78 is 18.9. The van der Waals surface area contributed by atoms with E-state index >= 15 is 0 Å². The lowest BCUT2D eigenvalue weighted by molar-refractivity contribution is 0.00578. The van der Waals surface area contributed by atoms with Crippen molar-refractivity contribution in [1.82, 2.24) is 0 Å². The number of hydrogen-bond acceptors (Lipinski definition) is 3. The smallest absolute Gasteiger partial charge is 0.414 e. The Bertz CT molecular complexity index is 461. The molecule has 0 aromatic heterocycles. The minimum atomic E-state index is -1.68. The highest BCUT2D eigenvalue weighted by Crippen LogP contribution is 2.42. The first kappa shape index (κ1) is 19.2. The van der Waals surface area contributed by atoms with Gasteiger partial charge in [0.25, 0.3) is 0 Å². The van der Waals surface area contributed by atoms with Crippen LogP contribution in [0.5, 0.6) is 0 Å². The summed E-state index contributed by atoms with van der Waals surface area (Å²) in [4.78, 5) is 0. The minimum Gasteiger partial charge on any atom is -0.414 e. The molecule has 0 aromatic carbocycles. The molecule has 1 aliphatic carbocycles. The Hall–Kier alpha value is -0.0982. The minimum absolute atomic E-state index is 0.186. The predicted octanol–water partition coefficient (Wildman–Crippen LogP) is 5.12. The fourth-order valence-corrected chi connectivity index (χ4v) is 4.14. The molecule has 0 radical (unpaired) electrons. The summed E-state index contributed by atoms with van der Waals surface area (Å²) >= 11 is 0. The van der Waals surface area contributed by atoms with Crippen molar-refractivity contribution in [2.75, 3.05) is 0 Å². The van der Waals surface area contributed by atoms with E-state index in [1.807, 2.05) is 0 Å². The molecule has 132 valence electrons. The summed E-state index contributed by atoms with van der Waals surface area (Å²) in [7, 11) is -1.87. The van der Waals surface area contributed by atoms with Crippen LogP contribution < -0.4 is 0 Å². The lowest BCUT2D eigenvalue weighted by Gasteiger charge is -2.40. The number of allylic oxidation sites excluding steroid dienone is 1. The van der Waals surface area contributed by atoms with Gasteiger partial charge in [0, 0.05) is 6.10 Å². The quantitative estimate of drug-likeness (QED) is 0.669. The largest absolute Gasteiger partial charge is 0.490 e. The SMILES string of the molecule is CC1(C)OB(C2=CC[C@H](O[Si](C)(C)C(C)(C)C)CC2)OC1(C)C. The highest BCUT2D eigenvalue weighted by atomic mass is 28.4. The summed E-state index contributed by atoms with van der Waals surface area (Å²) in [5.41, 5.74) is 0.777. The Kier molecular flexibility index (Phi) is 5.02. The Morgan fingerprint density at radius 3 is 2.04 bits per heavy atom. The molecule has 2 aliphatic rings. The predicted molar refractivity (Wildman–Crippen MR) is 100 cm³/mol. The molecule has 3 nitrogen and oxygen atoms in total. The van der Waals surface area contributed by atoms with Crippen molar-refractivity contribution in [3.05, 3.63) is 11.5 Å². The van der Waals surface area contributed by atoms with Crippen LogP contribution in [0.1, 0.15) is 67.7 Å².